The highest BCUT2D eigenvalue weighted by Gasteiger charge is 2.32. The fourth-order valence-electron chi connectivity index (χ4n) is 3.47. The lowest BCUT2D eigenvalue weighted by molar-refractivity contribution is -0.127. The molecule has 1 aromatic carbocycles. The van der Waals surface area contributed by atoms with Crippen LogP contribution in [0.25, 0.3) is 10.9 Å². The molecule has 2 heterocycles. The van der Waals surface area contributed by atoms with Crippen LogP contribution in [0.15, 0.2) is 30.5 Å². The summed E-state index contributed by atoms with van der Waals surface area (Å²) in [5.41, 5.74) is 1.70. The van der Waals surface area contributed by atoms with E-state index in [1.54, 1.807) is 19.1 Å². The lowest BCUT2D eigenvalue weighted by Crippen LogP contribution is -2.58. The highest BCUT2D eigenvalue weighted by atomic mass is 16.5. The van der Waals surface area contributed by atoms with E-state index in [1.165, 1.54) is 0 Å². The summed E-state index contributed by atoms with van der Waals surface area (Å²) in [7, 11) is 5.21. The molecule has 0 bridgehead atoms. The number of rotatable bonds is 5. The maximum absolute atomic E-state index is 13.2. The number of carbonyl (C=O) groups is 2. The van der Waals surface area contributed by atoms with Gasteiger partial charge in [-0.1, -0.05) is 18.2 Å². The summed E-state index contributed by atoms with van der Waals surface area (Å²) in [5.74, 6) is -0.0908. The molecule has 1 N–H and O–H groups in total. The van der Waals surface area contributed by atoms with E-state index in [2.05, 4.69) is 9.88 Å². The van der Waals surface area contributed by atoms with Crippen molar-refractivity contribution in [2.75, 3.05) is 47.4 Å². The highest BCUT2D eigenvalue weighted by Crippen LogP contribution is 2.24. The quantitative estimate of drug-likeness (QED) is 0.858. The molecule has 0 aliphatic carbocycles. The molecule has 2 amide bonds. The van der Waals surface area contributed by atoms with E-state index in [1.807, 2.05) is 42.4 Å². The molecule has 1 saturated heterocycles. The number of nitrogens with zero attached hydrogens (tertiary/aromatic N) is 3. The van der Waals surface area contributed by atoms with Crippen LogP contribution < -0.4 is 5.32 Å². The third-order valence-electron chi connectivity index (χ3n) is 5.04. The van der Waals surface area contributed by atoms with Crippen LogP contribution >= 0.6 is 0 Å². The van der Waals surface area contributed by atoms with Gasteiger partial charge in [-0.05, 0) is 13.1 Å². The predicted molar refractivity (Wildman–Crippen MR) is 100 cm³/mol. The van der Waals surface area contributed by atoms with Crippen molar-refractivity contribution >= 4 is 22.7 Å². The van der Waals surface area contributed by atoms with Crippen LogP contribution in [-0.2, 0) is 16.1 Å². The second kappa shape index (κ2) is 7.88. The SMILES string of the molecule is CNC(=O)[C@@H]1CN(C(=O)c2cn(CCOC)c3ccccc23)CCN1C. The Morgan fingerprint density at radius 3 is 2.77 bits per heavy atom. The maximum Gasteiger partial charge on any atom is 0.256 e. The van der Waals surface area contributed by atoms with Gasteiger partial charge < -0.3 is 19.5 Å². The second-order valence-electron chi connectivity index (χ2n) is 6.61. The Bertz CT molecular complexity index is 801. The number of hydrogen-bond acceptors (Lipinski definition) is 4. The van der Waals surface area contributed by atoms with E-state index in [0.717, 1.165) is 10.9 Å². The van der Waals surface area contributed by atoms with Gasteiger partial charge in [0.1, 0.15) is 6.04 Å². The first kappa shape index (κ1) is 18.4. The molecule has 1 fully saturated rings. The van der Waals surface area contributed by atoms with E-state index in [9.17, 15) is 9.59 Å². The van der Waals surface area contributed by atoms with E-state index in [-0.39, 0.29) is 17.9 Å². The maximum atomic E-state index is 13.2. The van der Waals surface area contributed by atoms with Crippen molar-refractivity contribution in [2.24, 2.45) is 0 Å². The monoisotopic (exact) mass is 358 g/mol. The number of ether oxygens (including phenoxy) is 1. The number of fused-ring (bicyclic) bond motifs is 1. The van der Waals surface area contributed by atoms with Gasteiger partial charge in [0.25, 0.3) is 5.91 Å². The molecule has 0 unspecified atom stereocenters. The van der Waals surface area contributed by atoms with E-state index >= 15 is 0 Å². The number of hydrogen-bond donors (Lipinski definition) is 1. The zero-order valence-corrected chi connectivity index (χ0v) is 15.6. The number of nitrogens with one attached hydrogen (secondary N) is 1. The fraction of sp³-hybridized carbons (Fsp3) is 0.474. The number of methoxy groups -OCH3 is 1. The minimum Gasteiger partial charge on any atom is -0.383 e. The molecule has 3 rings (SSSR count). The van der Waals surface area contributed by atoms with Crippen molar-refractivity contribution in [1.29, 1.82) is 0 Å². The topological polar surface area (TPSA) is 66.8 Å². The lowest BCUT2D eigenvalue weighted by Gasteiger charge is -2.38. The van der Waals surface area contributed by atoms with Crippen molar-refractivity contribution in [1.82, 2.24) is 19.7 Å². The zero-order chi connectivity index (χ0) is 18.7. The van der Waals surface area contributed by atoms with E-state index in [4.69, 9.17) is 4.74 Å². The van der Waals surface area contributed by atoms with Crippen molar-refractivity contribution in [3.8, 4) is 0 Å². The van der Waals surface area contributed by atoms with Crippen LogP contribution in [0.5, 0.6) is 0 Å². The van der Waals surface area contributed by atoms with Gasteiger partial charge in [-0.15, -0.1) is 0 Å². The van der Waals surface area contributed by atoms with Gasteiger partial charge in [0.15, 0.2) is 0 Å². The Morgan fingerprint density at radius 1 is 1.27 bits per heavy atom. The summed E-state index contributed by atoms with van der Waals surface area (Å²) in [6, 6.07) is 7.57. The molecular weight excluding hydrogens is 332 g/mol. The molecule has 7 nitrogen and oxygen atoms in total. The van der Waals surface area contributed by atoms with Crippen molar-refractivity contribution in [3.63, 3.8) is 0 Å². The van der Waals surface area contributed by atoms with Crippen LogP contribution in [0.1, 0.15) is 10.4 Å². The molecule has 26 heavy (non-hydrogen) atoms. The van der Waals surface area contributed by atoms with Gasteiger partial charge in [0.05, 0.1) is 12.2 Å². The normalized spacial score (nSPS) is 18.3. The van der Waals surface area contributed by atoms with E-state index < -0.39 is 0 Å². The Kier molecular flexibility index (Phi) is 5.58. The van der Waals surface area contributed by atoms with Crippen molar-refractivity contribution in [3.05, 3.63) is 36.0 Å². The van der Waals surface area contributed by atoms with Gasteiger partial charge in [-0.25, -0.2) is 0 Å². The number of carbonyl (C=O) groups excluding carboxylic acids is 2. The number of piperazine rings is 1. The molecule has 7 heteroatoms. The average Bonchev–Trinajstić information content (AvgIpc) is 3.04. The summed E-state index contributed by atoms with van der Waals surface area (Å²) in [4.78, 5) is 29.1. The van der Waals surface area contributed by atoms with Crippen LogP contribution in [0, 0.1) is 0 Å². The number of para-hydroxylation sites is 1. The Labute approximate surface area is 153 Å². The lowest BCUT2D eigenvalue weighted by atomic mass is 10.1. The number of benzene rings is 1. The van der Waals surface area contributed by atoms with E-state index in [0.29, 0.717) is 38.3 Å². The van der Waals surface area contributed by atoms with Gasteiger partial charge >= 0.3 is 0 Å². The molecule has 1 aliphatic heterocycles. The number of aromatic nitrogens is 1. The molecule has 1 aromatic heterocycles. The summed E-state index contributed by atoms with van der Waals surface area (Å²) in [5, 5.41) is 3.62. The first-order valence-corrected chi connectivity index (χ1v) is 8.84. The summed E-state index contributed by atoms with van der Waals surface area (Å²) >= 11 is 0. The molecular formula is C19H26N4O3. The minimum atomic E-state index is -0.320. The zero-order valence-electron chi connectivity index (χ0n) is 15.6. The highest BCUT2D eigenvalue weighted by molar-refractivity contribution is 6.07. The summed E-state index contributed by atoms with van der Waals surface area (Å²) in [6.07, 6.45) is 1.90. The minimum absolute atomic E-state index is 0.0284. The molecule has 1 aliphatic rings. The standard InChI is InChI=1S/C19H26N4O3/c1-20-18(24)17-13-23(9-8-21(17)2)19(25)15-12-22(10-11-26-3)16-7-5-4-6-14(15)16/h4-7,12,17H,8-11,13H2,1-3H3,(H,20,24)/t17-/m0/s1. The Morgan fingerprint density at radius 2 is 2.04 bits per heavy atom. The third-order valence-corrected chi connectivity index (χ3v) is 5.04. The predicted octanol–water partition coefficient (Wildman–Crippen LogP) is 0.790. The number of likely N-dealkylation sites (N-methyl/N-ethyl adjacent to an activating group) is 2. The summed E-state index contributed by atoms with van der Waals surface area (Å²) in [6.45, 7) is 2.95. The largest absolute Gasteiger partial charge is 0.383 e. The van der Waals surface area contributed by atoms with Gasteiger partial charge in [-0.3, -0.25) is 14.5 Å². The molecule has 2 aromatic rings. The van der Waals surface area contributed by atoms with Crippen LogP contribution in [0.4, 0.5) is 0 Å². The summed E-state index contributed by atoms with van der Waals surface area (Å²) < 4.78 is 7.23. The second-order valence-corrected chi connectivity index (χ2v) is 6.61. The van der Waals surface area contributed by atoms with Crippen LogP contribution in [0.3, 0.4) is 0 Å². The van der Waals surface area contributed by atoms with Gasteiger partial charge in [-0.2, -0.15) is 0 Å². The van der Waals surface area contributed by atoms with Crippen molar-refractivity contribution in [2.45, 2.75) is 12.6 Å². The first-order valence-electron chi connectivity index (χ1n) is 8.84. The fourth-order valence-corrected chi connectivity index (χ4v) is 3.47. The first-order chi connectivity index (χ1) is 12.6. The molecule has 0 spiro atoms. The van der Waals surface area contributed by atoms with Crippen LogP contribution in [-0.4, -0.2) is 79.7 Å². The molecule has 140 valence electrons. The van der Waals surface area contributed by atoms with Crippen LogP contribution in [0.2, 0.25) is 0 Å². The number of amides is 2. The van der Waals surface area contributed by atoms with Gasteiger partial charge in [0, 0.05) is 57.4 Å². The molecule has 1 atom stereocenters. The molecule has 0 saturated carbocycles. The van der Waals surface area contributed by atoms with Crippen molar-refractivity contribution < 1.29 is 14.3 Å². The Balaban J connectivity index is 1.89. The Hall–Kier alpha value is -2.38. The smallest absolute Gasteiger partial charge is 0.256 e. The molecule has 0 radical (unpaired) electrons. The third kappa shape index (κ3) is 3.45. The average molecular weight is 358 g/mol. The van der Waals surface area contributed by atoms with Gasteiger partial charge in [0.2, 0.25) is 5.91 Å².